The molecule has 1 N–H and O–H groups in total. The summed E-state index contributed by atoms with van der Waals surface area (Å²) in [4.78, 5) is 28.9. The highest BCUT2D eigenvalue weighted by Gasteiger charge is 2.34. The van der Waals surface area contributed by atoms with Crippen molar-refractivity contribution in [2.75, 3.05) is 6.54 Å². The predicted molar refractivity (Wildman–Crippen MR) is 74.9 cm³/mol. The van der Waals surface area contributed by atoms with Crippen molar-refractivity contribution in [3.05, 3.63) is 28.5 Å². The minimum atomic E-state index is -1.00. The topological polar surface area (TPSA) is 70.5 Å². The van der Waals surface area contributed by atoms with Gasteiger partial charge in [-0.3, -0.25) is 9.59 Å². The highest BCUT2D eigenvalue weighted by atomic mass is 35.5. The first kappa shape index (κ1) is 14.8. The Balaban J connectivity index is 2.23. The number of rotatable bonds is 6. The molecule has 0 atom stereocenters. The molecule has 108 valence electrons. The van der Waals surface area contributed by atoms with Crippen molar-refractivity contribution >= 4 is 23.5 Å². The Kier molecular flexibility index (Phi) is 4.60. The lowest BCUT2D eigenvalue weighted by Gasteiger charge is -2.20. The Bertz CT molecular complexity index is 529. The zero-order chi connectivity index (χ0) is 14.7. The summed E-state index contributed by atoms with van der Waals surface area (Å²) in [6, 6.07) is 3.25. The molecule has 0 unspecified atom stereocenters. The predicted octanol–water partition coefficient (Wildman–Crippen LogP) is 2.38. The van der Waals surface area contributed by atoms with Crippen LogP contribution in [0.4, 0.5) is 0 Å². The average Bonchev–Trinajstić information content (AvgIpc) is 3.19. The zero-order valence-electron chi connectivity index (χ0n) is 11.3. The molecular weight excluding hydrogens is 280 g/mol. The Morgan fingerprint density at radius 3 is 2.70 bits per heavy atom. The van der Waals surface area contributed by atoms with Crippen molar-refractivity contribution in [2.24, 2.45) is 0 Å². The first-order valence-electron chi connectivity index (χ1n) is 6.70. The van der Waals surface area contributed by atoms with Crippen LogP contribution in [0, 0.1) is 0 Å². The maximum atomic E-state index is 12.4. The molecule has 1 aliphatic carbocycles. The third-order valence-corrected chi connectivity index (χ3v) is 3.35. The Morgan fingerprint density at radius 1 is 1.45 bits per heavy atom. The van der Waals surface area contributed by atoms with Crippen LogP contribution in [0.25, 0.3) is 0 Å². The summed E-state index contributed by atoms with van der Waals surface area (Å²) in [5.41, 5.74) is 1.18. The lowest BCUT2D eigenvalue weighted by molar-refractivity contribution is -0.137. The molecule has 1 aliphatic rings. The molecule has 5 nitrogen and oxygen atoms in total. The zero-order valence-corrected chi connectivity index (χ0v) is 12.1. The number of hydrogen-bond donors (Lipinski definition) is 1. The van der Waals surface area contributed by atoms with Gasteiger partial charge in [0, 0.05) is 17.3 Å². The van der Waals surface area contributed by atoms with E-state index in [1.54, 1.807) is 6.07 Å². The van der Waals surface area contributed by atoms with E-state index in [4.69, 9.17) is 16.7 Å². The molecule has 1 aromatic rings. The van der Waals surface area contributed by atoms with Crippen molar-refractivity contribution in [1.82, 2.24) is 9.88 Å². The maximum absolute atomic E-state index is 12.4. The average molecular weight is 297 g/mol. The van der Waals surface area contributed by atoms with Gasteiger partial charge in [0.1, 0.15) is 11.7 Å². The lowest BCUT2D eigenvalue weighted by Crippen LogP contribution is -2.37. The number of aryl methyl sites for hydroxylation is 1. The minimum absolute atomic E-state index is 0.0418. The van der Waals surface area contributed by atoms with E-state index >= 15 is 0 Å². The molecule has 1 aromatic heterocycles. The van der Waals surface area contributed by atoms with E-state index < -0.39 is 5.97 Å². The van der Waals surface area contributed by atoms with Crippen LogP contribution in [0.2, 0.25) is 5.15 Å². The Labute approximate surface area is 122 Å². The fourth-order valence-electron chi connectivity index (χ4n) is 2.12. The molecule has 2 rings (SSSR count). The van der Waals surface area contributed by atoms with E-state index in [1.165, 1.54) is 11.0 Å². The summed E-state index contributed by atoms with van der Waals surface area (Å²) in [5.74, 6) is -1.28. The molecule has 0 aliphatic heterocycles. The minimum Gasteiger partial charge on any atom is -0.480 e. The van der Waals surface area contributed by atoms with E-state index in [1.807, 2.05) is 6.92 Å². The normalized spacial score (nSPS) is 14.1. The van der Waals surface area contributed by atoms with Crippen LogP contribution < -0.4 is 0 Å². The van der Waals surface area contributed by atoms with Crippen LogP contribution in [0.3, 0.4) is 0 Å². The summed E-state index contributed by atoms with van der Waals surface area (Å²) in [6.07, 6.45) is 3.37. The summed E-state index contributed by atoms with van der Waals surface area (Å²) < 4.78 is 0. The van der Waals surface area contributed by atoms with Gasteiger partial charge in [-0.25, -0.2) is 4.98 Å². The second-order valence-electron chi connectivity index (χ2n) is 4.98. The van der Waals surface area contributed by atoms with E-state index in [0.717, 1.165) is 31.4 Å². The number of carbonyl (C=O) groups excluding carboxylic acids is 1. The van der Waals surface area contributed by atoms with Crippen molar-refractivity contribution < 1.29 is 14.7 Å². The number of aliphatic carboxylic acids is 1. The lowest BCUT2D eigenvalue weighted by atomic mass is 10.1. The molecule has 1 heterocycles. The number of amides is 1. The van der Waals surface area contributed by atoms with Crippen LogP contribution in [-0.2, 0) is 11.2 Å². The van der Waals surface area contributed by atoms with Gasteiger partial charge in [-0.05, 0) is 31.4 Å². The van der Waals surface area contributed by atoms with Crippen molar-refractivity contribution in [3.63, 3.8) is 0 Å². The largest absolute Gasteiger partial charge is 0.480 e. The van der Waals surface area contributed by atoms with Crippen LogP contribution >= 0.6 is 11.6 Å². The summed E-state index contributed by atoms with van der Waals surface area (Å²) in [6.45, 7) is 1.75. The van der Waals surface area contributed by atoms with Gasteiger partial charge in [-0.1, -0.05) is 24.9 Å². The van der Waals surface area contributed by atoms with Crippen LogP contribution in [0.5, 0.6) is 0 Å². The highest BCUT2D eigenvalue weighted by molar-refractivity contribution is 6.29. The molecule has 0 aromatic carbocycles. The van der Waals surface area contributed by atoms with Crippen LogP contribution in [-0.4, -0.2) is 39.5 Å². The molecule has 0 spiro atoms. The van der Waals surface area contributed by atoms with Crippen molar-refractivity contribution in [1.29, 1.82) is 0 Å². The van der Waals surface area contributed by atoms with E-state index in [-0.39, 0.29) is 23.6 Å². The summed E-state index contributed by atoms with van der Waals surface area (Å²) in [5, 5.41) is 9.19. The molecule has 1 fully saturated rings. The monoisotopic (exact) mass is 296 g/mol. The molecule has 0 bridgehead atoms. The quantitative estimate of drug-likeness (QED) is 0.818. The second-order valence-corrected chi connectivity index (χ2v) is 5.37. The fourth-order valence-corrected chi connectivity index (χ4v) is 2.35. The third-order valence-electron chi connectivity index (χ3n) is 3.15. The smallest absolute Gasteiger partial charge is 0.323 e. The molecule has 0 saturated heterocycles. The van der Waals surface area contributed by atoms with E-state index in [2.05, 4.69) is 4.98 Å². The van der Waals surface area contributed by atoms with Gasteiger partial charge < -0.3 is 10.0 Å². The first-order chi connectivity index (χ1) is 9.51. The van der Waals surface area contributed by atoms with Gasteiger partial charge in [0.2, 0.25) is 0 Å². The molecule has 6 heteroatoms. The maximum Gasteiger partial charge on any atom is 0.323 e. The number of carboxylic acids is 1. The molecular formula is C14H17ClN2O3. The molecule has 1 amide bonds. The number of aromatic nitrogens is 1. The standard InChI is InChI=1S/C14H17ClN2O3/c1-2-3-10-6-9(7-12(15)16-10)14(20)17(8-13(18)19)11-4-5-11/h6-7,11H,2-5,8H2,1H3,(H,18,19). The number of nitrogens with zero attached hydrogens (tertiary/aromatic N) is 2. The number of halogens is 1. The summed E-state index contributed by atoms with van der Waals surface area (Å²) >= 11 is 5.94. The Morgan fingerprint density at radius 2 is 2.15 bits per heavy atom. The SMILES string of the molecule is CCCc1cc(C(=O)N(CC(=O)O)C2CC2)cc(Cl)n1. The number of carboxylic acid groups (broad SMARTS) is 1. The van der Waals surface area contributed by atoms with Gasteiger partial charge in [0.05, 0.1) is 0 Å². The first-order valence-corrected chi connectivity index (χ1v) is 7.08. The molecule has 0 radical (unpaired) electrons. The summed E-state index contributed by atoms with van der Waals surface area (Å²) in [7, 11) is 0. The van der Waals surface area contributed by atoms with Gasteiger partial charge in [-0.15, -0.1) is 0 Å². The Hall–Kier alpha value is -1.62. The fraction of sp³-hybridized carbons (Fsp3) is 0.500. The molecule has 20 heavy (non-hydrogen) atoms. The second kappa shape index (κ2) is 6.22. The number of hydrogen-bond acceptors (Lipinski definition) is 3. The number of carbonyl (C=O) groups is 2. The van der Waals surface area contributed by atoms with Gasteiger partial charge in [0.15, 0.2) is 0 Å². The van der Waals surface area contributed by atoms with Gasteiger partial charge in [-0.2, -0.15) is 0 Å². The van der Waals surface area contributed by atoms with Crippen LogP contribution in [0.1, 0.15) is 42.2 Å². The van der Waals surface area contributed by atoms with Crippen LogP contribution in [0.15, 0.2) is 12.1 Å². The van der Waals surface area contributed by atoms with Gasteiger partial charge >= 0.3 is 5.97 Å². The number of pyridine rings is 1. The molecule has 1 saturated carbocycles. The van der Waals surface area contributed by atoms with E-state index in [9.17, 15) is 9.59 Å². The van der Waals surface area contributed by atoms with Crippen molar-refractivity contribution in [2.45, 2.75) is 38.6 Å². The van der Waals surface area contributed by atoms with Gasteiger partial charge in [0.25, 0.3) is 5.91 Å². The van der Waals surface area contributed by atoms with E-state index in [0.29, 0.717) is 5.56 Å². The third kappa shape index (κ3) is 3.70. The highest BCUT2D eigenvalue weighted by Crippen LogP contribution is 2.28. The van der Waals surface area contributed by atoms with Crippen molar-refractivity contribution in [3.8, 4) is 0 Å².